The summed E-state index contributed by atoms with van der Waals surface area (Å²) >= 11 is 6.20. The Bertz CT molecular complexity index is 1300. The number of halogens is 2. The molecule has 0 aliphatic heterocycles. The number of amides is 1. The third-order valence-corrected chi connectivity index (χ3v) is 4.68. The van der Waals surface area contributed by atoms with Crippen LogP contribution in [0.25, 0.3) is 11.0 Å². The molecule has 0 spiro atoms. The molecule has 4 rings (SSSR count). The third kappa shape index (κ3) is 4.04. The molecule has 30 heavy (non-hydrogen) atoms. The lowest BCUT2D eigenvalue weighted by Gasteiger charge is -2.07. The maximum atomic E-state index is 13.1. The SMILES string of the molecule is COc1ccc2c(C(=O)Nc3nn(Cc4ccc(F)cc4)cc3Cl)cc(=O)oc2c1. The molecular formula is C21H15ClFN3O4. The molecule has 0 atom stereocenters. The number of nitrogens with one attached hydrogen (secondary N) is 1. The van der Waals surface area contributed by atoms with E-state index < -0.39 is 11.5 Å². The number of rotatable bonds is 5. The van der Waals surface area contributed by atoms with Gasteiger partial charge >= 0.3 is 5.63 Å². The van der Waals surface area contributed by atoms with Crippen molar-refractivity contribution in [2.24, 2.45) is 0 Å². The minimum atomic E-state index is -0.672. The lowest BCUT2D eigenvalue weighted by molar-refractivity contribution is 0.102. The first-order valence-electron chi connectivity index (χ1n) is 8.83. The predicted molar refractivity (Wildman–Crippen MR) is 110 cm³/mol. The summed E-state index contributed by atoms with van der Waals surface area (Å²) in [6, 6.07) is 11.9. The molecule has 1 N–H and O–H groups in total. The summed E-state index contributed by atoms with van der Waals surface area (Å²) in [6.45, 7) is 0.341. The molecule has 1 amide bonds. The molecule has 9 heteroatoms. The van der Waals surface area contributed by atoms with Gasteiger partial charge in [0.15, 0.2) is 5.82 Å². The molecule has 0 fully saturated rings. The fourth-order valence-electron chi connectivity index (χ4n) is 2.97. The lowest BCUT2D eigenvalue weighted by Crippen LogP contribution is -2.16. The normalized spacial score (nSPS) is 10.9. The van der Waals surface area contributed by atoms with E-state index in [2.05, 4.69) is 10.4 Å². The fourth-order valence-corrected chi connectivity index (χ4v) is 3.17. The molecule has 0 bridgehead atoms. The van der Waals surface area contributed by atoms with Gasteiger partial charge in [-0.25, -0.2) is 9.18 Å². The highest BCUT2D eigenvalue weighted by molar-refractivity contribution is 6.33. The number of benzene rings is 2. The Balaban J connectivity index is 1.60. The number of carbonyl (C=O) groups is 1. The van der Waals surface area contributed by atoms with E-state index in [1.165, 1.54) is 30.0 Å². The molecule has 0 aliphatic carbocycles. The molecule has 0 saturated heterocycles. The van der Waals surface area contributed by atoms with Crippen LogP contribution in [-0.2, 0) is 6.54 Å². The van der Waals surface area contributed by atoms with Gasteiger partial charge in [-0.15, -0.1) is 0 Å². The molecule has 0 radical (unpaired) electrons. The number of nitrogens with zero attached hydrogens (tertiary/aromatic N) is 2. The van der Waals surface area contributed by atoms with Gasteiger partial charge in [-0.2, -0.15) is 5.10 Å². The van der Waals surface area contributed by atoms with Gasteiger partial charge in [0.2, 0.25) is 0 Å². The van der Waals surface area contributed by atoms with Crippen molar-refractivity contribution in [3.8, 4) is 5.75 Å². The quantitative estimate of drug-likeness (QED) is 0.485. The lowest BCUT2D eigenvalue weighted by atomic mass is 10.1. The topological polar surface area (TPSA) is 86.4 Å². The van der Waals surface area contributed by atoms with Crippen LogP contribution in [-0.4, -0.2) is 22.8 Å². The van der Waals surface area contributed by atoms with Crippen LogP contribution in [0, 0.1) is 5.82 Å². The second-order valence-corrected chi connectivity index (χ2v) is 6.85. The molecule has 2 aromatic carbocycles. The van der Waals surface area contributed by atoms with E-state index >= 15 is 0 Å². The number of carbonyl (C=O) groups excluding carboxylic acids is 1. The van der Waals surface area contributed by atoms with Crippen LogP contribution in [0.3, 0.4) is 0 Å². The largest absolute Gasteiger partial charge is 0.497 e. The zero-order chi connectivity index (χ0) is 21.3. The number of aromatic nitrogens is 2. The van der Waals surface area contributed by atoms with Gasteiger partial charge in [-0.3, -0.25) is 9.48 Å². The van der Waals surface area contributed by atoms with Crippen LogP contribution in [0.2, 0.25) is 5.02 Å². The van der Waals surface area contributed by atoms with E-state index in [4.69, 9.17) is 20.8 Å². The molecule has 4 aromatic rings. The van der Waals surface area contributed by atoms with E-state index in [0.717, 1.165) is 11.6 Å². The molecule has 0 unspecified atom stereocenters. The summed E-state index contributed by atoms with van der Waals surface area (Å²) in [5, 5.41) is 7.54. The van der Waals surface area contributed by atoms with Crippen molar-refractivity contribution in [1.29, 1.82) is 0 Å². The average molecular weight is 428 g/mol. The van der Waals surface area contributed by atoms with Gasteiger partial charge in [0.25, 0.3) is 5.91 Å². The molecular weight excluding hydrogens is 413 g/mol. The van der Waals surface area contributed by atoms with Crippen LogP contribution in [0.1, 0.15) is 15.9 Å². The minimum Gasteiger partial charge on any atom is -0.497 e. The first kappa shape index (κ1) is 19.7. The van der Waals surface area contributed by atoms with Crippen molar-refractivity contribution in [3.63, 3.8) is 0 Å². The van der Waals surface area contributed by atoms with E-state index in [0.29, 0.717) is 17.7 Å². The number of methoxy groups -OCH3 is 1. The first-order valence-corrected chi connectivity index (χ1v) is 9.21. The van der Waals surface area contributed by atoms with Gasteiger partial charge in [-0.05, 0) is 29.8 Å². The van der Waals surface area contributed by atoms with Crippen LogP contribution >= 0.6 is 11.6 Å². The van der Waals surface area contributed by atoms with E-state index in [1.54, 1.807) is 30.5 Å². The Morgan fingerprint density at radius 3 is 2.73 bits per heavy atom. The summed E-state index contributed by atoms with van der Waals surface area (Å²) in [5.41, 5.74) is 0.482. The van der Waals surface area contributed by atoms with Gasteiger partial charge in [0.1, 0.15) is 22.2 Å². The van der Waals surface area contributed by atoms with Crippen molar-refractivity contribution < 1.29 is 18.3 Å². The highest BCUT2D eigenvalue weighted by atomic mass is 35.5. The standard InChI is InChI=1S/C21H15ClFN3O4/c1-29-14-6-7-15-16(9-19(27)30-18(15)8-14)21(28)24-20-17(22)11-26(25-20)10-12-2-4-13(23)5-3-12/h2-9,11H,10H2,1H3,(H,24,25,28). The van der Waals surface area contributed by atoms with Crippen molar-refractivity contribution in [2.45, 2.75) is 6.54 Å². The minimum absolute atomic E-state index is 0.119. The zero-order valence-corrected chi connectivity index (χ0v) is 16.4. The summed E-state index contributed by atoms with van der Waals surface area (Å²) in [4.78, 5) is 24.7. The Labute approximate surface area is 174 Å². The number of anilines is 1. The highest BCUT2D eigenvalue weighted by Gasteiger charge is 2.17. The smallest absolute Gasteiger partial charge is 0.337 e. The Morgan fingerprint density at radius 1 is 1.23 bits per heavy atom. The number of ether oxygens (including phenoxy) is 1. The maximum Gasteiger partial charge on any atom is 0.337 e. The number of hydrogen-bond donors (Lipinski definition) is 1. The molecule has 0 saturated carbocycles. The van der Waals surface area contributed by atoms with Crippen LogP contribution < -0.4 is 15.7 Å². The molecule has 2 aromatic heterocycles. The second kappa shape index (κ2) is 8.00. The Hall–Kier alpha value is -3.65. The predicted octanol–water partition coefficient (Wildman–Crippen LogP) is 4.09. The Morgan fingerprint density at radius 2 is 2.00 bits per heavy atom. The van der Waals surface area contributed by atoms with Crippen molar-refractivity contribution in [2.75, 3.05) is 12.4 Å². The summed E-state index contributed by atoms with van der Waals surface area (Å²) in [7, 11) is 1.49. The van der Waals surface area contributed by atoms with Crippen LogP contribution in [0.5, 0.6) is 5.75 Å². The number of hydrogen-bond acceptors (Lipinski definition) is 5. The van der Waals surface area contributed by atoms with Crippen molar-refractivity contribution >= 4 is 34.3 Å². The van der Waals surface area contributed by atoms with Gasteiger partial charge in [0.05, 0.1) is 19.2 Å². The summed E-state index contributed by atoms with van der Waals surface area (Å²) < 4.78 is 24.9. The molecule has 152 valence electrons. The zero-order valence-electron chi connectivity index (χ0n) is 15.7. The molecule has 0 aliphatic rings. The molecule has 2 heterocycles. The second-order valence-electron chi connectivity index (χ2n) is 6.45. The number of fused-ring (bicyclic) bond motifs is 1. The Kier molecular flexibility index (Phi) is 5.24. The van der Waals surface area contributed by atoms with Crippen molar-refractivity contribution in [3.05, 3.63) is 87.1 Å². The van der Waals surface area contributed by atoms with Crippen LogP contribution in [0.15, 0.2) is 63.9 Å². The van der Waals surface area contributed by atoms with Gasteiger partial charge < -0.3 is 14.5 Å². The van der Waals surface area contributed by atoms with Gasteiger partial charge in [0, 0.05) is 23.7 Å². The summed E-state index contributed by atoms with van der Waals surface area (Å²) in [6.07, 6.45) is 1.54. The maximum absolute atomic E-state index is 13.1. The summed E-state index contributed by atoms with van der Waals surface area (Å²) in [5.74, 6) is -0.265. The fraction of sp³-hybridized carbons (Fsp3) is 0.0952. The van der Waals surface area contributed by atoms with Crippen molar-refractivity contribution in [1.82, 2.24) is 9.78 Å². The van der Waals surface area contributed by atoms with E-state index in [-0.39, 0.29) is 27.8 Å². The van der Waals surface area contributed by atoms with Gasteiger partial charge in [-0.1, -0.05) is 23.7 Å². The highest BCUT2D eigenvalue weighted by Crippen LogP contribution is 2.25. The third-order valence-electron chi connectivity index (χ3n) is 4.40. The van der Waals surface area contributed by atoms with E-state index in [9.17, 15) is 14.0 Å². The van der Waals surface area contributed by atoms with E-state index in [1.807, 2.05) is 0 Å². The average Bonchev–Trinajstić information content (AvgIpc) is 3.07. The monoisotopic (exact) mass is 427 g/mol. The van der Waals surface area contributed by atoms with Crippen LogP contribution in [0.4, 0.5) is 10.2 Å². The molecule has 7 nitrogen and oxygen atoms in total. The first-order chi connectivity index (χ1) is 14.4.